The van der Waals surface area contributed by atoms with Gasteiger partial charge in [-0.2, -0.15) is 0 Å². The molecule has 0 saturated carbocycles. The minimum atomic E-state index is 0.0287. The first-order valence-electron chi connectivity index (χ1n) is 8.22. The second-order valence-electron chi connectivity index (χ2n) is 6.28. The molecule has 0 aromatic heterocycles. The van der Waals surface area contributed by atoms with Gasteiger partial charge < -0.3 is 5.32 Å². The van der Waals surface area contributed by atoms with E-state index < -0.39 is 0 Å². The molecule has 1 fully saturated rings. The molecule has 1 aromatic rings. The first kappa shape index (κ1) is 16.0. The number of benzene rings is 1. The van der Waals surface area contributed by atoms with E-state index in [1.807, 2.05) is 25.1 Å². The Morgan fingerprint density at radius 3 is 2.48 bits per heavy atom. The van der Waals surface area contributed by atoms with E-state index in [9.17, 15) is 4.79 Å². The summed E-state index contributed by atoms with van der Waals surface area (Å²) < 4.78 is 0. The molecule has 116 valence electrons. The number of likely N-dealkylation sites (tertiary alicyclic amines) is 1. The highest BCUT2D eigenvalue weighted by Gasteiger charge is 2.19. The number of nitrogens with one attached hydrogen (secondary N) is 1. The normalized spacial score (nSPS) is 19.0. The first-order chi connectivity index (χ1) is 10.2. The highest BCUT2D eigenvalue weighted by Crippen LogP contribution is 2.12. The van der Waals surface area contributed by atoms with E-state index in [1.54, 1.807) is 0 Å². The Kier molecular flexibility index (Phi) is 6.24. The van der Waals surface area contributed by atoms with Gasteiger partial charge in [0.25, 0.3) is 0 Å². The van der Waals surface area contributed by atoms with E-state index in [-0.39, 0.29) is 11.8 Å². The number of rotatable bonds is 6. The SMILES string of the molecule is CC(Cc1ccccc1)C(=O)NCC(C)N1CCCCC1. The Bertz CT molecular complexity index is 426. The van der Waals surface area contributed by atoms with Crippen LogP contribution in [0, 0.1) is 5.92 Å². The van der Waals surface area contributed by atoms with Crippen LogP contribution in [0.1, 0.15) is 38.7 Å². The molecule has 2 unspecified atom stereocenters. The zero-order chi connectivity index (χ0) is 15.1. The number of carbonyl (C=O) groups is 1. The summed E-state index contributed by atoms with van der Waals surface area (Å²) in [6.45, 7) is 7.34. The monoisotopic (exact) mass is 288 g/mol. The molecule has 0 aliphatic carbocycles. The van der Waals surface area contributed by atoms with Gasteiger partial charge in [0.2, 0.25) is 5.91 Å². The predicted octanol–water partition coefficient (Wildman–Crippen LogP) is 2.86. The maximum atomic E-state index is 12.2. The van der Waals surface area contributed by atoms with Crippen LogP contribution in [0.15, 0.2) is 30.3 Å². The minimum Gasteiger partial charge on any atom is -0.354 e. The fraction of sp³-hybridized carbons (Fsp3) is 0.611. The zero-order valence-corrected chi connectivity index (χ0v) is 13.3. The van der Waals surface area contributed by atoms with Crippen molar-refractivity contribution >= 4 is 5.91 Å². The standard InChI is InChI=1S/C18H28N2O/c1-15(13-17-9-5-3-6-10-17)18(21)19-14-16(2)20-11-7-4-8-12-20/h3,5-6,9-10,15-16H,4,7-8,11-14H2,1-2H3,(H,19,21). The maximum absolute atomic E-state index is 12.2. The van der Waals surface area contributed by atoms with Gasteiger partial charge in [0.05, 0.1) is 0 Å². The lowest BCUT2D eigenvalue weighted by Crippen LogP contribution is -2.45. The van der Waals surface area contributed by atoms with Crippen molar-refractivity contribution in [3.8, 4) is 0 Å². The van der Waals surface area contributed by atoms with Crippen LogP contribution in [0.25, 0.3) is 0 Å². The molecule has 2 rings (SSSR count). The maximum Gasteiger partial charge on any atom is 0.223 e. The molecule has 0 radical (unpaired) electrons. The summed E-state index contributed by atoms with van der Waals surface area (Å²) >= 11 is 0. The van der Waals surface area contributed by atoms with Crippen LogP contribution >= 0.6 is 0 Å². The van der Waals surface area contributed by atoms with Crippen molar-refractivity contribution in [2.45, 2.75) is 45.6 Å². The van der Waals surface area contributed by atoms with Gasteiger partial charge in [-0.05, 0) is 44.8 Å². The Morgan fingerprint density at radius 2 is 1.81 bits per heavy atom. The Balaban J connectivity index is 1.73. The fourth-order valence-corrected chi connectivity index (χ4v) is 2.97. The van der Waals surface area contributed by atoms with Crippen molar-refractivity contribution in [2.24, 2.45) is 5.92 Å². The Morgan fingerprint density at radius 1 is 1.14 bits per heavy atom. The van der Waals surface area contributed by atoms with E-state index >= 15 is 0 Å². The Hall–Kier alpha value is -1.35. The fourth-order valence-electron chi connectivity index (χ4n) is 2.97. The summed E-state index contributed by atoms with van der Waals surface area (Å²) in [5, 5.41) is 3.12. The molecule has 3 heteroatoms. The highest BCUT2D eigenvalue weighted by atomic mass is 16.1. The van der Waals surface area contributed by atoms with E-state index in [0.717, 1.165) is 13.0 Å². The third-order valence-corrected chi connectivity index (χ3v) is 4.42. The number of nitrogens with zero attached hydrogens (tertiary/aromatic N) is 1. The molecule has 3 nitrogen and oxygen atoms in total. The first-order valence-corrected chi connectivity index (χ1v) is 8.22. The molecule has 1 amide bonds. The van der Waals surface area contributed by atoms with Gasteiger partial charge in [0, 0.05) is 18.5 Å². The highest BCUT2D eigenvalue weighted by molar-refractivity contribution is 5.78. The lowest BCUT2D eigenvalue weighted by atomic mass is 10.0. The predicted molar refractivity (Wildman–Crippen MR) is 87.2 cm³/mol. The van der Waals surface area contributed by atoms with Crippen molar-refractivity contribution in [3.05, 3.63) is 35.9 Å². The third-order valence-electron chi connectivity index (χ3n) is 4.42. The molecule has 1 aliphatic rings. The third kappa shape index (κ3) is 5.16. The van der Waals surface area contributed by atoms with Gasteiger partial charge in [0.15, 0.2) is 0 Å². The summed E-state index contributed by atoms with van der Waals surface area (Å²) in [6.07, 6.45) is 4.75. The van der Waals surface area contributed by atoms with Crippen molar-refractivity contribution in [2.75, 3.05) is 19.6 Å². The molecule has 1 aliphatic heterocycles. The van der Waals surface area contributed by atoms with Gasteiger partial charge in [-0.3, -0.25) is 9.69 Å². The molecule has 21 heavy (non-hydrogen) atoms. The minimum absolute atomic E-state index is 0.0287. The zero-order valence-electron chi connectivity index (χ0n) is 13.3. The molecule has 0 spiro atoms. The van der Waals surface area contributed by atoms with E-state index in [2.05, 4.69) is 29.3 Å². The summed E-state index contributed by atoms with van der Waals surface area (Å²) in [5.74, 6) is 0.198. The van der Waals surface area contributed by atoms with Crippen LogP contribution in [0.4, 0.5) is 0 Å². The quantitative estimate of drug-likeness (QED) is 0.873. The number of hydrogen-bond acceptors (Lipinski definition) is 2. The van der Waals surface area contributed by atoms with E-state index in [0.29, 0.717) is 6.04 Å². The van der Waals surface area contributed by atoms with Crippen LogP contribution in [-0.4, -0.2) is 36.5 Å². The number of carbonyl (C=O) groups excluding carboxylic acids is 1. The second kappa shape index (κ2) is 8.18. The van der Waals surface area contributed by atoms with Gasteiger partial charge >= 0.3 is 0 Å². The molecule has 1 heterocycles. The molecule has 1 N–H and O–H groups in total. The average Bonchev–Trinajstić information content (AvgIpc) is 2.54. The number of amides is 1. The lowest BCUT2D eigenvalue weighted by Gasteiger charge is -2.32. The number of hydrogen-bond donors (Lipinski definition) is 1. The van der Waals surface area contributed by atoms with Crippen LogP contribution in [0.5, 0.6) is 0 Å². The average molecular weight is 288 g/mol. The Labute approximate surface area is 128 Å². The van der Waals surface area contributed by atoms with Crippen LogP contribution in [-0.2, 0) is 11.2 Å². The van der Waals surface area contributed by atoms with E-state index in [4.69, 9.17) is 0 Å². The second-order valence-corrected chi connectivity index (χ2v) is 6.28. The molecule has 0 bridgehead atoms. The van der Waals surface area contributed by atoms with Crippen molar-refractivity contribution in [1.29, 1.82) is 0 Å². The summed E-state index contributed by atoms with van der Waals surface area (Å²) in [4.78, 5) is 14.7. The largest absolute Gasteiger partial charge is 0.354 e. The molecular formula is C18H28N2O. The summed E-state index contributed by atoms with van der Waals surface area (Å²) in [7, 11) is 0. The van der Waals surface area contributed by atoms with Crippen molar-refractivity contribution in [1.82, 2.24) is 10.2 Å². The van der Waals surface area contributed by atoms with Gasteiger partial charge in [0.1, 0.15) is 0 Å². The van der Waals surface area contributed by atoms with Gasteiger partial charge in [-0.25, -0.2) is 0 Å². The smallest absolute Gasteiger partial charge is 0.223 e. The lowest BCUT2D eigenvalue weighted by molar-refractivity contribution is -0.124. The molecule has 1 saturated heterocycles. The molecule has 2 atom stereocenters. The molecule has 1 aromatic carbocycles. The van der Waals surface area contributed by atoms with Gasteiger partial charge in [-0.15, -0.1) is 0 Å². The van der Waals surface area contributed by atoms with Gasteiger partial charge in [-0.1, -0.05) is 43.7 Å². The van der Waals surface area contributed by atoms with Crippen LogP contribution in [0.2, 0.25) is 0 Å². The summed E-state index contributed by atoms with van der Waals surface area (Å²) in [6, 6.07) is 10.7. The number of piperidine rings is 1. The van der Waals surface area contributed by atoms with Crippen LogP contribution in [0.3, 0.4) is 0 Å². The van der Waals surface area contributed by atoms with Crippen molar-refractivity contribution in [3.63, 3.8) is 0 Å². The van der Waals surface area contributed by atoms with E-state index in [1.165, 1.54) is 37.9 Å². The molecular weight excluding hydrogens is 260 g/mol. The van der Waals surface area contributed by atoms with Crippen LogP contribution < -0.4 is 5.32 Å². The topological polar surface area (TPSA) is 32.3 Å². The van der Waals surface area contributed by atoms with Crippen molar-refractivity contribution < 1.29 is 4.79 Å². The summed E-state index contributed by atoms with van der Waals surface area (Å²) in [5.41, 5.74) is 1.23.